The summed E-state index contributed by atoms with van der Waals surface area (Å²) in [6.45, 7) is 0. The van der Waals surface area contributed by atoms with Gasteiger partial charge in [0.2, 0.25) is 0 Å². The van der Waals surface area contributed by atoms with Gasteiger partial charge in [-0.3, -0.25) is 4.21 Å². The Hall–Kier alpha value is -0.740. The zero-order valence-electron chi connectivity index (χ0n) is 6.62. The predicted molar refractivity (Wildman–Crippen MR) is 44.7 cm³/mol. The van der Waals surface area contributed by atoms with Gasteiger partial charge in [-0.05, 0) is 12.1 Å². The van der Waals surface area contributed by atoms with E-state index in [0.717, 1.165) is 0 Å². The fourth-order valence-electron chi connectivity index (χ4n) is 0.800. The minimum Gasteiger partial charge on any atom is -0.371 e. The second-order valence-corrected chi connectivity index (χ2v) is 3.55. The van der Waals surface area contributed by atoms with E-state index >= 15 is 0 Å². The van der Waals surface area contributed by atoms with E-state index in [9.17, 15) is 8.60 Å². The number of rotatable bonds is 3. The van der Waals surface area contributed by atoms with Crippen molar-refractivity contribution >= 4 is 10.8 Å². The van der Waals surface area contributed by atoms with Gasteiger partial charge in [0.25, 0.3) is 0 Å². The summed E-state index contributed by atoms with van der Waals surface area (Å²) in [6.07, 6.45) is 0. The molecule has 0 aliphatic heterocycles. The Balaban J connectivity index is 2.87. The van der Waals surface area contributed by atoms with Crippen LogP contribution in [0.4, 0.5) is 4.39 Å². The van der Waals surface area contributed by atoms with Crippen LogP contribution in [0.15, 0.2) is 29.2 Å². The van der Waals surface area contributed by atoms with Crippen molar-refractivity contribution in [2.75, 3.05) is 13.0 Å². The lowest BCUT2D eigenvalue weighted by Gasteiger charge is -2.00. The van der Waals surface area contributed by atoms with Gasteiger partial charge in [0.1, 0.15) is 11.8 Å². The average molecular weight is 188 g/mol. The average Bonchev–Trinajstić information content (AvgIpc) is 2.05. The highest BCUT2D eigenvalue weighted by molar-refractivity contribution is 7.84. The minimum absolute atomic E-state index is 0.0287. The van der Waals surface area contributed by atoms with Crippen molar-refractivity contribution in [3.63, 3.8) is 0 Å². The van der Waals surface area contributed by atoms with E-state index in [0.29, 0.717) is 0 Å². The number of ether oxygens (including phenoxy) is 1. The molecule has 0 aliphatic carbocycles. The highest BCUT2D eigenvalue weighted by Gasteiger charge is 2.07. The number of hydrogen-bond donors (Lipinski definition) is 0. The van der Waals surface area contributed by atoms with Gasteiger partial charge < -0.3 is 4.74 Å². The topological polar surface area (TPSA) is 26.3 Å². The lowest BCUT2D eigenvalue weighted by Crippen LogP contribution is -2.01. The predicted octanol–water partition coefficient (Wildman–Crippen LogP) is 1.54. The third kappa shape index (κ3) is 2.12. The van der Waals surface area contributed by atoms with Crippen LogP contribution in [0.5, 0.6) is 0 Å². The fraction of sp³-hybridized carbons (Fsp3) is 0.250. The van der Waals surface area contributed by atoms with Gasteiger partial charge in [-0.25, -0.2) is 4.39 Å². The second kappa shape index (κ2) is 4.33. The molecule has 1 rings (SSSR count). The normalized spacial score (nSPS) is 12.8. The largest absolute Gasteiger partial charge is 0.371 e. The molecular weight excluding hydrogens is 179 g/mol. The summed E-state index contributed by atoms with van der Waals surface area (Å²) >= 11 is 0. The molecule has 1 aromatic rings. The Morgan fingerprint density at radius 2 is 2.17 bits per heavy atom. The smallest absolute Gasteiger partial charge is 0.139 e. The Kier molecular flexibility index (Phi) is 3.37. The molecule has 0 N–H and O–H groups in total. The SMILES string of the molecule is COCS(=O)c1ccccc1F. The zero-order chi connectivity index (χ0) is 8.97. The Labute approximate surface area is 72.8 Å². The van der Waals surface area contributed by atoms with E-state index in [2.05, 4.69) is 4.74 Å². The molecule has 4 heteroatoms. The van der Waals surface area contributed by atoms with Crippen molar-refractivity contribution in [1.29, 1.82) is 0 Å². The lowest BCUT2D eigenvalue weighted by atomic mass is 10.4. The van der Waals surface area contributed by atoms with Gasteiger partial charge in [0, 0.05) is 7.11 Å². The second-order valence-electron chi connectivity index (χ2n) is 2.18. The monoisotopic (exact) mass is 188 g/mol. The molecule has 0 fully saturated rings. The van der Waals surface area contributed by atoms with E-state index < -0.39 is 16.6 Å². The molecule has 0 saturated carbocycles. The van der Waals surface area contributed by atoms with Crippen LogP contribution in [0.3, 0.4) is 0 Å². The summed E-state index contributed by atoms with van der Waals surface area (Å²) < 4.78 is 28.8. The molecule has 0 amide bonds. The Bertz CT molecular complexity index is 288. The molecule has 66 valence electrons. The van der Waals surface area contributed by atoms with Crippen LogP contribution in [-0.4, -0.2) is 17.3 Å². The first-order valence-electron chi connectivity index (χ1n) is 3.37. The first-order valence-corrected chi connectivity index (χ1v) is 4.69. The first kappa shape index (κ1) is 9.35. The molecule has 0 aromatic heterocycles. The summed E-state index contributed by atoms with van der Waals surface area (Å²) in [5.74, 6) is -0.422. The highest BCUT2D eigenvalue weighted by atomic mass is 32.2. The maximum absolute atomic E-state index is 12.9. The van der Waals surface area contributed by atoms with Gasteiger partial charge >= 0.3 is 0 Å². The van der Waals surface area contributed by atoms with Crippen LogP contribution in [0.1, 0.15) is 0 Å². The zero-order valence-corrected chi connectivity index (χ0v) is 7.44. The van der Waals surface area contributed by atoms with Crippen LogP contribution < -0.4 is 0 Å². The third-order valence-electron chi connectivity index (χ3n) is 1.31. The summed E-state index contributed by atoms with van der Waals surface area (Å²) in [5, 5.41) is 0. The van der Waals surface area contributed by atoms with Crippen LogP contribution in [-0.2, 0) is 15.5 Å². The Morgan fingerprint density at radius 1 is 1.50 bits per heavy atom. The van der Waals surface area contributed by atoms with E-state index in [1.54, 1.807) is 12.1 Å². The number of hydrogen-bond acceptors (Lipinski definition) is 2. The van der Waals surface area contributed by atoms with E-state index in [1.807, 2.05) is 0 Å². The van der Waals surface area contributed by atoms with Gasteiger partial charge in [0.15, 0.2) is 0 Å². The number of methoxy groups -OCH3 is 1. The van der Waals surface area contributed by atoms with Crippen molar-refractivity contribution < 1.29 is 13.3 Å². The number of benzene rings is 1. The van der Waals surface area contributed by atoms with Gasteiger partial charge in [-0.2, -0.15) is 0 Å². The molecule has 1 aromatic carbocycles. The number of halogens is 1. The van der Waals surface area contributed by atoms with E-state index in [-0.39, 0.29) is 10.8 Å². The summed E-state index contributed by atoms with van der Waals surface area (Å²) in [4.78, 5) is 0.194. The van der Waals surface area contributed by atoms with E-state index in [1.165, 1.54) is 19.2 Å². The summed E-state index contributed by atoms with van der Waals surface area (Å²) in [5.41, 5.74) is 0. The van der Waals surface area contributed by atoms with Crippen LogP contribution in [0, 0.1) is 5.82 Å². The third-order valence-corrected chi connectivity index (χ3v) is 2.58. The Morgan fingerprint density at radius 3 is 2.75 bits per heavy atom. The molecule has 2 nitrogen and oxygen atoms in total. The molecule has 0 aliphatic rings. The van der Waals surface area contributed by atoms with Crippen LogP contribution in [0.2, 0.25) is 0 Å². The molecule has 0 bridgehead atoms. The molecule has 0 heterocycles. The molecule has 12 heavy (non-hydrogen) atoms. The maximum atomic E-state index is 12.9. The molecule has 1 atom stereocenters. The van der Waals surface area contributed by atoms with Gasteiger partial charge in [0.05, 0.1) is 15.7 Å². The molecule has 0 radical (unpaired) electrons. The lowest BCUT2D eigenvalue weighted by molar-refractivity contribution is 0.254. The maximum Gasteiger partial charge on any atom is 0.139 e. The van der Waals surface area contributed by atoms with Crippen LogP contribution in [0.25, 0.3) is 0 Å². The van der Waals surface area contributed by atoms with Crippen molar-refractivity contribution in [2.24, 2.45) is 0 Å². The molecule has 1 unspecified atom stereocenters. The minimum atomic E-state index is -1.39. The van der Waals surface area contributed by atoms with Gasteiger partial charge in [-0.15, -0.1) is 0 Å². The molecular formula is C8H9FO2S. The summed E-state index contributed by atoms with van der Waals surface area (Å²) in [7, 11) is 0.0371. The van der Waals surface area contributed by atoms with Crippen molar-refractivity contribution in [1.82, 2.24) is 0 Å². The van der Waals surface area contributed by atoms with Crippen LogP contribution >= 0.6 is 0 Å². The van der Waals surface area contributed by atoms with Crippen molar-refractivity contribution in [3.8, 4) is 0 Å². The van der Waals surface area contributed by atoms with Crippen molar-refractivity contribution in [2.45, 2.75) is 4.90 Å². The summed E-state index contributed by atoms with van der Waals surface area (Å²) in [6, 6.07) is 5.97. The molecule has 0 saturated heterocycles. The highest BCUT2D eigenvalue weighted by Crippen LogP contribution is 2.11. The fourth-order valence-corrected chi connectivity index (χ4v) is 1.66. The van der Waals surface area contributed by atoms with Crippen molar-refractivity contribution in [3.05, 3.63) is 30.1 Å². The first-order chi connectivity index (χ1) is 5.75. The molecule has 0 spiro atoms. The quantitative estimate of drug-likeness (QED) is 0.719. The van der Waals surface area contributed by atoms with E-state index in [4.69, 9.17) is 0 Å². The van der Waals surface area contributed by atoms with Gasteiger partial charge in [-0.1, -0.05) is 12.1 Å². The standard InChI is InChI=1S/C8H9FO2S/c1-11-6-12(10)8-5-3-2-4-7(8)9/h2-5H,6H2,1H3.